The molecule has 0 bridgehead atoms. The summed E-state index contributed by atoms with van der Waals surface area (Å²) in [6.45, 7) is 6.31. The van der Waals surface area contributed by atoms with Gasteiger partial charge in [0.15, 0.2) is 11.6 Å². The molecule has 0 saturated carbocycles. The molecular weight excluding hydrogens is 278 g/mol. The zero-order chi connectivity index (χ0) is 15.5. The fourth-order valence-electron chi connectivity index (χ4n) is 2.90. The van der Waals surface area contributed by atoms with Gasteiger partial charge >= 0.3 is 0 Å². The maximum atomic E-state index is 12.5. The molecule has 0 aliphatic carbocycles. The lowest BCUT2D eigenvalue weighted by Gasteiger charge is -2.30. The largest absolute Gasteiger partial charge is 0.338 e. The quantitative estimate of drug-likeness (QED) is 0.812. The first kappa shape index (κ1) is 14.9. The molecule has 0 spiro atoms. The minimum Gasteiger partial charge on any atom is -0.338 e. The first-order valence-electron chi connectivity index (χ1n) is 7.74. The van der Waals surface area contributed by atoms with Gasteiger partial charge in [-0.25, -0.2) is 0 Å². The summed E-state index contributed by atoms with van der Waals surface area (Å²) in [7, 11) is 0. The summed E-state index contributed by atoms with van der Waals surface area (Å²) in [5.41, 5.74) is 2.01. The molecule has 3 rings (SSSR count). The average molecular weight is 299 g/mol. The van der Waals surface area contributed by atoms with Crippen LogP contribution in [0.3, 0.4) is 0 Å². The van der Waals surface area contributed by atoms with Gasteiger partial charge in [-0.1, -0.05) is 35.0 Å². The van der Waals surface area contributed by atoms with Crippen LogP contribution in [-0.4, -0.2) is 33.9 Å². The molecule has 1 aromatic carbocycles. The summed E-state index contributed by atoms with van der Waals surface area (Å²) in [5, 5.41) is 3.81. The molecule has 2 heterocycles. The highest BCUT2D eigenvalue weighted by molar-refractivity contribution is 5.97. The van der Waals surface area contributed by atoms with Gasteiger partial charge in [0.2, 0.25) is 5.89 Å². The van der Waals surface area contributed by atoms with Crippen molar-refractivity contribution in [3.63, 3.8) is 0 Å². The van der Waals surface area contributed by atoms with Crippen LogP contribution in [0.1, 0.15) is 40.5 Å². The Bertz CT molecular complexity index is 640. The van der Waals surface area contributed by atoms with E-state index in [0.29, 0.717) is 18.3 Å². The highest BCUT2D eigenvalue weighted by Crippen LogP contribution is 2.23. The monoisotopic (exact) mass is 299 g/mol. The van der Waals surface area contributed by atoms with Gasteiger partial charge in [-0.2, -0.15) is 4.98 Å². The Hall–Kier alpha value is -2.01. The van der Waals surface area contributed by atoms with E-state index in [1.807, 2.05) is 38.1 Å². The van der Waals surface area contributed by atoms with Crippen LogP contribution in [0.5, 0.6) is 0 Å². The Morgan fingerprint density at radius 2 is 1.91 bits per heavy atom. The Labute approximate surface area is 130 Å². The molecule has 116 valence electrons. The van der Waals surface area contributed by atoms with E-state index in [0.717, 1.165) is 31.5 Å². The summed E-state index contributed by atoms with van der Waals surface area (Å²) in [6.07, 6.45) is 1.78. The summed E-state index contributed by atoms with van der Waals surface area (Å²) < 4.78 is 5.15. The molecule has 1 aromatic heterocycles. The highest BCUT2D eigenvalue weighted by atomic mass is 16.5. The van der Waals surface area contributed by atoms with E-state index in [4.69, 9.17) is 4.52 Å². The molecule has 0 radical (unpaired) electrons. The van der Waals surface area contributed by atoms with Crippen LogP contribution in [0.2, 0.25) is 0 Å². The Kier molecular flexibility index (Phi) is 4.34. The summed E-state index contributed by atoms with van der Waals surface area (Å²) >= 11 is 0. The second kappa shape index (κ2) is 6.40. The van der Waals surface area contributed by atoms with Crippen LogP contribution >= 0.6 is 0 Å². The highest BCUT2D eigenvalue weighted by Gasteiger charge is 2.26. The van der Waals surface area contributed by atoms with E-state index in [1.54, 1.807) is 0 Å². The first-order chi connectivity index (χ1) is 10.6. The maximum Gasteiger partial charge on any atom is 0.240 e. The van der Waals surface area contributed by atoms with Crippen molar-refractivity contribution >= 4 is 5.78 Å². The van der Waals surface area contributed by atoms with Crippen LogP contribution in [0.25, 0.3) is 0 Å². The van der Waals surface area contributed by atoms with E-state index in [2.05, 4.69) is 15.0 Å². The number of piperidine rings is 1. The second-order valence-electron chi connectivity index (χ2n) is 6.02. The summed E-state index contributed by atoms with van der Waals surface area (Å²) in [5.74, 6) is 1.72. The van der Waals surface area contributed by atoms with Crippen LogP contribution in [0.15, 0.2) is 28.8 Å². The fourth-order valence-corrected chi connectivity index (χ4v) is 2.90. The molecule has 1 fully saturated rings. The SMILES string of the molecule is Cc1ccc(C(=O)C2CCN(Cc3nc(C)no3)CC2)cc1. The lowest BCUT2D eigenvalue weighted by molar-refractivity contribution is 0.0825. The number of hydrogen-bond donors (Lipinski definition) is 0. The minimum absolute atomic E-state index is 0.128. The minimum atomic E-state index is 0.128. The van der Waals surface area contributed by atoms with Crippen LogP contribution in [0.4, 0.5) is 0 Å². The first-order valence-corrected chi connectivity index (χ1v) is 7.74. The van der Waals surface area contributed by atoms with Gasteiger partial charge < -0.3 is 4.52 Å². The van der Waals surface area contributed by atoms with Crippen molar-refractivity contribution in [2.75, 3.05) is 13.1 Å². The number of benzene rings is 1. The molecule has 1 saturated heterocycles. The smallest absolute Gasteiger partial charge is 0.240 e. The molecule has 0 N–H and O–H groups in total. The lowest BCUT2D eigenvalue weighted by atomic mass is 9.88. The normalized spacial score (nSPS) is 16.8. The van der Waals surface area contributed by atoms with Gasteiger partial charge in [-0.15, -0.1) is 0 Å². The molecule has 2 aromatic rings. The predicted molar refractivity (Wildman–Crippen MR) is 82.5 cm³/mol. The predicted octanol–water partition coefficient (Wildman–Crippen LogP) is 2.78. The van der Waals surface area contributed by atoms with Gasteiger partial charge in [0.25, 0.3) is 0 Å². The number of hydrogen-bond acceptors (Lipinski definition) is 5. The number of nitrogens with zero attached hydrogens (tertiary/aromatic N) is 3. The second-order valence-corrected chi connectivity index (χ2v) is 6.02. The van der Waals surface area contributed by atoms with Crippen molar-refractivity contribution in [3.05, 3.63) is 47.1 Å². The molecule has 0 atom stereocenters. The zero-order valence-corrected chi connectivity index (χ0v) is 13.1. The molecule has 1 aliphatic heterocycles. The Balaban J connectivity index is 1.55. The van der Waals surface area contributed by atoms with Crippen LogP contribution < -0.4 is 0 Å². The van der Waals surface area contributed by atoms with E-state index in [9.17, 15) is 4.79 Å². The van der Waals surface area contributed by atoms with Crippen molar-refractivity contribution in [3.8, 4) is 0 Å². The lowest BCUT2D eigenvalue weighted by Crippen LogP contribution is -2.36. The van der Waals surface area contributed by atoms with Gasteiger partial charge in [0.05, 0.1) is 6.54 Å². The topological polar surface area (TPSA) is 59.2 Å². The van der Waals surface area contributed by atoms with Gasteiger partial charge in [0, 0.05) is 11.5 Å². The molecular formula is C17H21N3O2. The van der Waals surface area contributed by atoms with Crippen molar-refractivity contribution in [1.29, 1.82) is 0 Å². The number of likely N-dealkylation sites (tertiary alicyclic amines) is 1. The number of carbonyl (C=O) groups is 1. The van der Waals surface area contributed by atoms with Gasteiger partial charge in [0.1, 0.15) is 0 Å². The molecule has 22 heavy (non-hydrogen) atoms. The van der Waals surface area contributed by atoms with Crippen molar-refractivity contribution in [1.82, 2.24) is 15.0 Å². The van der Waals surface area contributed by atoms with E-state index in [-0.39, 0.29) is 11.7 Å². The summed E-state index contributed by atoms with van der Waals surface area (Å²) in [4.78, 5) is 19.0. The molecule has 0 amide bonds. The number of aryl methyl sites for hydroxylation is 2. The van der Waals surface area contributed by atoms with Crippen LogP contribution in [0, 0.1) is 19.8 Å². The van der Waals surface area contributed by atoms with Gasteiger partial charge in [-0.05, 0) is 39.8 Å². The van der Waals surface area contributed by atoms with Crippen molar-refractivity contribution in [2.45, 2.75) is 33.2 Å². The van der Waals surface area contributed by atoms with E-state index >= 15 is 0 Å². The number of carbonyl (C=O) groups excluding carboxylic acids is 1. The van der Waals surface area contributed by atoms with E-state index in [1.165, 1.54) is 5.56 Å². The third-order valence-electron chi connectivity index (χ3n) is 4.22. The zero-order valence-electron chi connectivity index (χ0n) is 13.1. The molecule has 5 heteroatoms. The number of rotatable bonds is 4. The Morgan fingerprint density at radius 1 is 1.23 bits per heavy atom. The average Bonchev–Trinajstić information content (AvgIpc) is 2.93. The maximum absolute atomic E-state index is 12.5. The van der Waals surface area contributed by atoms with Crippen LogP contribution in [-0.2, 0) is 6.54 Å². The van der Waals surface area contributed by atoms with Crippen molar-refractivity contribution in [2.24, 2.45) is 5.92 Å². The van der Waals surface area contributed by atoms with E-state index < -0.39 is 0 Å². The number of Topliss-reactive ketones (excluding diaryl/α,β-unsaturated/α-hetero) is 1. The molecule has 5 nitrogen and oxygen atoms in total. The summed E-state index contributed by atoms with van der Waals surface area (Å²) in [6, 6.07) is 7.87. The Morgan fingerprint density at radius 3 is 2.50 bits per heavy atom. The third-order valence-corrected chi connectivity index (χ3v) is 4.22. The number of aromatic nitrogens is 2. The number of ketones is 1. The van der Waals surface area contributed by atoms with Crippen molar-refractivity contribution < 1.29 is 9.32 Å². The third kappa shape index (κ3) is 3.42. The van der Waals surface area contributed by atoms with Gasteiger partial charge in [-0.3, -0.25) is 9.69 Å². The standard InChI is InChI=1S/C17H21N3O2/c1-12-3-5-14(6-4-12)17(21)15-7-9-20(10-8-15)11-16-18-13(2)19-22-16/h3-6,15H,7-11H2,1-2H3. The molecule has 0 unspecified atom stereocenters. The fraction of sp³-hybridized carbons (Fsp3) is 0.471. The molecule has 1 aliphatic rings.